The van der Waals surface area contributed by atoms with Crippen LogP contribution in [0.2, 0.25) is 0 Å². The van der Waals surface area contributed by atoms with Gasteiger partial charge in [-0.3, -0.25) is 10.00 Å². The molecule has 0 unspecified atom stereocenters. The zero-order chi connectivity index (χ0) is 10.0. The van der Waals surface area contributed by atoms with Crippen molar-refractivity contribution >= 4 is 0 Å². The summed E-state index contributed by atoms with van der Waals surface area (Å²) in [5.41, 5.74) is 0.691. The molecule has 1 aliphatic rings. The zero-order valence-corrected chi connectivity index (χ0v) is 8.53. The molecule has 4 nitrogen and oxygen atoms in total. The Morgan fingerprint density at radius 1 is 1.57 bits per heavy atom. The molecule has 0 amide bonds. The maximum absolute atomic E-state index is 9.77. The van der Waals surface area contributed by atoms with Crippen molar-refractivity contribution in [3.63, 3.8) is 0 Å². The summed E-state index contributed by atoms with van der Waals surface area (Å²) in [6.45, 7) is 4.76. The van der Waals surface area contributed by atoms with E-state index < -0.39 is 5.60 Å². The largest absolute Gasteiger partial charge is 0.390 e. The van der Waals surface area contributed by atoms with Crippen LogP contribution in [-0.4, -0.2) is 38.9 Å². The lowest BCUT2D eigenvalue weighted by Crippen LogP contribution is -2.42. The van der Waals surface area contributed by atoms with Crippen molar-refractivity contribution in [2.45, 2.75) is 31.9 Å². The SMILES string of the molecule is CC1(O)CCN(Cc2ccn[nH]2)CC1. The van der Waals surface area contributed by atoms with E-state index in [0.717, 1.165) is 38.2 Å². The highest BCUT2D eigenvalue weighted by Crippen LogP contribution is 2.21. The fourth-order valence-corrected chi connectivity index (χ4v) is 1.81. The summed E-state index contributed by atoms with van der Waals surface area (Å²) in [5.74, 6) is 0. The predicted octanol–water partition coefficient (Wildman–Crippen LogP) is 0.756. The van der Waals surface area contributed by atoms with E-state index >= 15 is 0 Å². The molecule has 1 fully saturated rings. The highest BCUT2D eigenvalue weighted by atomic mass is 16.3. The molecule has 0 aliphatic carbocycles. The van der Waals surface area contributed by atoms with E-state index in [9.17, 15) is 5.11 Å². The topological polar surface area (TPSA) is 52.1 Å². The summed E-state index contributed by atoms with van der Waals surface area (Å²) in [7, 11) is 0. The van der Waals surface area contributed by atoms with Gasteiger partial charge >= 0.3 is 0 Å². The number of piperidine rings is 1. The number of rotatable bonds is 2. The quantitative estimate of drug-likeness (QED) is 0.732. The number of hydrogen-bond donors (Lipinski definition) is 2. The van der Waals surface area contributed by atoms with Crippen LogP contribution in [0.5, 0.6) is 0 Å². The van der Waals surface area contributed by atoms with Gasteiger partial charge in [-0.25, -0.2) is 0 Å². The molecule has 1 saturated heterocycles. The van der Waals surface area contributed by atoms with Crippen molar-refractivity contribution in [1.29, 1.82) is 0 Å². The van der Waals surface area contributed by atoms with E-state index in [1.54, 1.807) is 6.20 Å². The Kier molecular flexibility index (Phi) is 2.56. The van der Waals surface area contributed by atoms with Gasteiger partial charge in [0.2, 0.25) is 0 Å². The van der Waals surface area contributed by atoms with E-state index in [0.29, 0.717) is 0 Å². The number of nitrogens with one attached hydrogen (secondary N) is 1. The van der Waals surface area contributed by atoms with Crippen molar-refractivity contribution in [2.75, 3.05) is 13.1 Å². The van der Waals surface area contributed by atoms with Crippen molar-refractivity contribution in [3.8, 4) is 0 Å². The number of aliphatic hydroxyl groups is 1. The van der Waals surface area contributed by atoms with E-state index in [1.807, 2.05) is 13.0 Å². The van der Waals surface area contributed by atoms with Crippen LogP contribution in [0.25, 0.3) is 0 Å². The van der Waals surface area contributed by atoms with Crippen LogP contribution in [-0.2, 0) is 6.54 Å². The average molecular weight is 195 g/mol. The Morgan fingerprint density at radius 3 is 2.86 bits per heavy atom. The first-order valence-electron chi connectivity index (χ1n) is 5.09. The Bertz CT molecular complexity index is 272. The van der Waals surface area contributed by atoms with Gasteiger partial charge in [0.05, 0.1) is 5.60 Å². The smallest absolute Gasteiger partial charge is 0.0644 e. The van der Waals surface area contributed by atoms with Gasteiger partial charge in [-0.1, -0.05) is 0 Å². The van der Waals surface area contributed by atoms with Crippen molar-refractivity contribution in [3.05, 3.63) is 18.0 Å². The first-order chi connectivity index (χ1) is 6.66. The number of hydrogen-bond acceptors (Lipinski definition) is 3. The number of aromatic nitrogens is 2. The molecule has 2 rings (SSSR count). The van der Waals surface area contributed by atoms with Crippen LogP contribution in [0, 0.1) is 0 Å². The molecule has 1 aromatic heterocycles. The first-order valence-corrected chi connectivity index (χ1v) is 5.09. The Morgan fingerprint density at radius 2 is 2.29 bits per heavy atom. The van der Waals surface area contributed by atoms with Crippen LogP contribution < -0.4 is 0 Å². The third-order valence-electron chi connectivity index (χ3n) is 2.89. The van der Waals surface area contributed by atoms with Gasteiger partial charge < -0.3 is 5.11 Å². The van der Waals surface area contributed by atoms with Crippen LogP contribution in [0.4, 0.5) is 0 Å². The van der Waals surface area contributed by atoms with Crippen LogP contribution in [0.15, 0.2) is 12.3 Å². The van der Waals surface area contributed by atoms with Gasteiger partial charge in [-0.2, -0.15) is 5.10 Å². The minimum Gasteiger partial charge on any atom is -0.390 e. The third-order valence-corrected chi connectivity index (χ3v) is 2.89. The average Bonchev–Trinajstić information content (AvgIpc) is 2.61. The molecule has 2 N–H and O–H groups in total. The van der Waals surface area contributed by atoms with Crippen molar-refractivity contribution < 1.29 is 5.11 Å². The van der Waals surface area contributed by atoms with Crippen molar-refractivity contribution in [2.24, 2.45) is 0 Å². The van der Waals surface area contributed by atoms with Gasteiger partial charge in [0, 0.05) is 31.5 Å². The summed E-state index contributed by atoms with van der Waals surface area (Å²) in [4.78, 5) is 2.34. The minimum absolute atomic E-state index is 0.454. The van der Waals surface area contributed by atoms with Crippen molar-refractivity contribution in [1.82, 2.24) is 15.1 Å². The molecular formula is C10H17N3O. The monoisotopic (exact) mass is 195 g/mol. The molecule has 2 heterocycles. The normalized spacial score (nSPS) is 22.4. The predicted molar refractivity (Wildman–Crippen MR) is 53.7 cm³/mol. The second-order valence-corrected chi connectivity index (χ2v) is 4.35. The van der Waals surface area contributed by atoms with Gasteiger partial charge in [0.25, 0.3) is 0 Å². The fraction of sp³-hybridized carbons (Fsp3) is 0.700. The van der Waals surface area contributed by atoms with Crippen LogP contribution >= 0.6 is 0 Å². The molecule has 4 heteroatoms. The van der Waals surface area contributed by atoms with Crippen LogP contribution in [0.1, 0.15) is 25.5 Å². The molecule has 1 aliphatic heterocycles. The standard InChI is InChI=1S/C10H17N3O/c1-10(14)3-6-13(7-4-10)8-9-2-5-11-12-9/h2,5,14H,3-4,6-8H2,1H3,(H,11,12). The number of aromatic amines is 1. The molecule has 78 valence electrons. The molecule has 1 aromatic rings. The maximum Gasteiger partial charge on any atom is 0.0644 e. The number of H-pyrrole nitrogens is 1. The minimum atomic E-state index is -0.454. The molecule has 0 aromatic carbocycles. The summed E-state index contributed by atoms with van der Waals surface area (Å²) >= 11 is 0. The molecule has 0 saturated carbocycles. The van der Waals surface area contributed by atoms with E-state index in [-0.39, 0.29) is 0 Å². The van der Waals surface area contributed by atoms with Gasteiger partial charge in [-0.15, -0.1) is 0 Å². The Hall–Kier alpha value is -0.870. The second kappa shape index (κ2) is 3.71. The van der Waals surface area contributed by atoms with Gasteiger partial charge in [0.15, 0.2) is 0 Å². The summed E-state index contributed by atoms with van der Waals surface area (Å²) < 4.78 is 0. The molecule has 0 radical (unpaired) electrons. The van der Waals surface area contributed by atoms with Crippen LogP contribution in [0.3, 0.4) is 0 Å². The molecule has 0 spiro atoms. The highest BCUT2D eigenvalue weighted by Gasteiger charge is 2.27. The van der Waals surface area contributed by atoms with Gasteiger partial charge in [-0.05, 0) is 25.8 Å². The molecular weight excluding hydrogens is 178 g/mol. The number of nitrogens with zero attached hydrogens (tertiary/aromatic N) is 2. The van der Waals surface area contributed by atoms with E-state index in [1.165, 1.54) is 0 Å². The zero-order valence-electron chi connectivity index (χ0n) is 8.53. The lowest BCUT2D eigenvalue weighted by Gasteiger charge is -2.35. The maximum atomic E-state index is 9.77. The lowest BCUT2D eigenvalue weighted by atomic mass is 9.94. The Labute approximate surface area is 83.9 Å². The number of likely N-dealkylation sites (tertiary alicyclic amines) is 1. The summed E-state index contributed by atoms with van der Waals surface area (Å²) in [6.07, 6.45) is 3.50. The first kappa shape index (κ1) is 9.68. The van der Waals surface area contributed by atoms with E-state index in [4.69, 9.17) is 0 Å². The fourth-order valence-electron chi connectivity index (χ4n) is 1.81. The molecule has 0 atom stereocenters. The van der Waals surface area contributed by atoms with Gasteiger partial charge in [0.1, 0.15) is 0 Å². The summed E-state index contributed by atoms with van der Waals surface area (Å²) in [5, 5.41) is 16.6. The second-order valence-electron chi connectivity index (χ2n) is 4.35. The molecule has 14 heavy (non-hydrogen) atoms. The lowest BCUT2D eigenvalue weighted by molar-refractivity contribution is -0.00757. The third kappa shape index (κ3) is 2.33. The van der Waals surface area contributed by atoms with E-state index in [2.05, 4.69) is 15.1 Å². The summed E-state index contributed by atoms with van der Waals surface area (Å²) in [6, 6.07) is 1.99. The Balaban J connectivity index is 1.85. The molecule has 0 bridgehead atoms. The highest BCUT2D eigenvalue weighted by molar-refractivity contribution is 4.97.